The number of hydrogen-bond acceptors (Lipinski definition) is 1. The predicted molar refractivity (Wildman–Crippen MR) is 277 cm³/mol. The number of fused-ring (bicyclic) bond motifs is 9. The summed E-state index contributed by atoms with van der Waals surface area (Å²) in [5.41, 5.74) is 9.57. The lowest BCUT2D eigenvalue weighted by Gasteiger charge is -2.35. The molecule has 3 aromatic heterocycles. The Morgan fingerprint density at radius 3 is 1.42 bits per heavy atom. The quantitative estimate of drug-likeness (QED) is 0.112. The van der Waals surface area contributed by atoms with E-state index >= 15 is 0 Å². The molecule has 2 nitrogen and oxygen atoms in total. The molecule has 10 aromatic carbocycles. The van der Waals surface area contributed by atoms with Crippen LogP contribution in [0, 0.1) is 0 Å². The minimum Gasteiger partial charge on any atom is -0.309 e. The zero-order valence-electron chi connectivity index (χ0n) is 34.9. The maximum Gasteiger partial charge on any atom is 0.179 e. The van der Waals surface area contributed by atoms with Crippen molar-refractivity contribution in [2.45, 2.75) is 0 Å². The summed E-state index contributed by atoms with van der Waals surface area (Å²) in [6, 6.07) is 90.8. The topological polar surface area (TPSA) is 9.86 Å². The molecule has 300 valence electrons. The number of nitrogens with zero attached hydrogens (tertiary/aromatic N) is 2. The van der Waals surface area contributed by atoms with E-state index < -0.39 is 8.07 Å². The Labute approximate surface area is 376 Å². The van der Waals surface area contributed by atoms with E-state index in [0.29, 0.717) is 0 Å². The van der Waals surface area contributed by atoms with Gasteiger partial charge in [-0.3, -0.25) is 0 Å². The molecule has 0 aliphatic carbocycles. The fourth-order valence-corrected chi connectivity index (χ4v) is 16.5. The van der Waals surface area contributed by atoms with E-state index in [9.17, 15) is 0 Å². The molecule has 0 radical (unpaired) electrons. The molecule has 13 rings (SSSR count). The summed E-state index contributed by atoms with van der Waals surface area (Å²) < 4.78 is 7.55. The van der Waals surface area contributed by atoms with Crippen molar-refractivity contribution in [1.82, 2.24) is 9.13 Å². The smallest absolute Gasteiger partial charge is 0.179 e. The van der Waals surface area contributed by atoms with Gasteiger partial charge in [0.15, 0.2) is 8.07 Å². The van der Waals surface area contributed by atoms with Gasteiger partial charge in [0.1, 0.15) is 0 Å². The fraction of sp³-hybridized carbons (Fsp3) is 0. The second kappa shape index (κ2) is 14.7. The van der Waals surface area contributed by atoms with E-state index in [2.05, 4.69) is 252 Å². The Kier molecular flexibility index (Phi) is 8.45. The molecule has 1 atom stereocenters. The second-order valence-electron chi connectivity index (χ2n) is 16.8. The molecule has 13 aromatic rings. The Hall–Kier alpha value is -7.76. The van der Waals surface area contributed by atoms with Crippen LogP contribution in [0.25, 0.3) is 86.3 Å². The molecule has 0 amide bonds. The number of rotatable bonds is 7. The summed E-state index contributed by atoms with van der Waals surface area (Å²) in [5.74, 6) is 0. The lowest BCUT2D eigenvalue weighted by molar-refractivity contribution is 1.17. The third-order valence-corrected chi connectivity index (χ3v) is 19.4. The first kappa shape index (κ1) is 36.9. The van der Waals surface area contributed by atoms with Crippen LogP contribution in [0.15, 0.2) is 243 Å². The van der Waals surface area contributed by atoms with E-state index in [-0.39, 0.29) is 0 Å². The lowest BCUT2D eigenvalue weighted by atomic mass is 10.1. The molecular formula is C60H40N2SSi. The van der Waals surface area contributed by atoms with Gasteiger partial charge < -0.3 is 9.13 Å². The first-order valence-corrected chi connectivity index (χ1v) is 24.8. The van der Waals surface area contributed by atoms with E-state index in [0.717, 1.165) is 11.4 Å². The SMILES string of the molecule is c1ccc(-c2ccc([Si](c3ccccc3)(c3cccc(-n4c5ccccc5c5cc(-n6c7ccccc7c7ccccc76)ccc54)c3)c3ccc4sc5ccccc5c4c3)cc2)cc1. The molecule has 4 heteroatoms. The molecule has 0 saturated heterocycles. The average molecular weight is 849 g/mol. The van der Waals surface area contributed by atoms with Crippen LogP contribution >= 0.6 is 11.3 Å². The van der Waals surface area contributed by atoms with Gasteiger partial charge in [-0.15, -0.1) is 11.3 Å². The van der Waals surface area contributed by atoms with E-state index in [1.54, 1.807) is 0 Å². The van der Waals surface area contributed by atoms with Crippen LogP contribution in [0.4, 0.5) is 0 Å². The number of benzene rings is 10. The number of aromatic nitrogens is 2. The second-order valence-corrected chi connectivity index (χ2v) is 21.7. The van der Waals surface area contributed by atoms with Crippen molar-refractivity contribution in [3.63, 3.8) is 0 Å². The average Bonchev–Trinajstić information content (AvgIpc) is 4.03. The highest BCUT2D eigenvalue weighted by Gasteiger charge is 2.42. The monoisotopic (exact) mass is 848 g/mol. The Bertz CT molecular complexity index is 3850. The zero-order valence-corrected chi connectivity index (χ0v) is 36.7. The van der Waals surface area contributed by atoms with Gasteiger partial charge in [0.05, 0.1) is 22.1 Å². The largest absolute Gasteiger partial charge is 0.309 e. The fourth-order valence-electron chi connectivity index (χ4n) is 10.6. The third kappa shape index (κ3) is 5.56. The van der Waals surface area contributed by atoms with Crippen LogP contribution in [0.5, 0.6) is 0 Å². The molecule has 0 aliphatic heterocycles. The number of hydrogen-bond donors (Lipinski definition) is 0. The van der Waals surface area contributed by atoms with Gasteiger partial charge in [-0.1, -0.05) is 182 Å². The van der Waals surface area contributed by atoms with Crippen LogP contribution in [-0.2, 0) is 0 Å². The van der Waals surface area contributed by atoms with Crippen LogP contribution in [0.1, 0.15) is 0 Å². The molecule has 0 fully saturated rings. The molecule has 0 bridgehead atoms. The van der Waals surface area contributed by atoms with E-state index in [4.69, 9.17) is 0 Å². The first-order chi connectivity index (χ1) is 31.7. The van der Waals surface area contributed by atoms with Crippen LogP contribution in [-0.4, -0.2) is 17.2 Å². The van der Waals surface area contributed by atoms with Crippen LogP contribution in [0.3, 0.4) is 0 Å². The highest BCUT2D eigenvalue weighted by Crippen LogP contribution is 2.38. The third-order valence-electron chi connectivity index (χ3n) is 13.5. The zero-order chi connectivity index (χ0) is 42.2. The van der Waals surface area contributed by atoms with Gasteiger partial charge in [-0.25, -0.2) is 0 Å². The van der Waals surface area contributed by atoms with Gasteiger partial charge in [-0.2, -0.15) is 0 Å². The van der Waals surface area contributed by atoms with E-state index in [1.165, 1.54) is 95.7 Å². The molecule has 64 heavy (non-hydrogen) atoms. The van der Waals surface area contributed by atoms with Crippen molar-refractivity contribution < 1.29 is 0 Å². The molecule has 0 spiro atoms. The minimum atomic E-state index is -2.99. The Balaban J connectivity index is 1.06. The number of para-hydroxylation sites is 3. The molecule has 0 N–H and O–H groups in total. The van der Waals surface area contributed by atoms with Crippen molar-refractivity contribution in [3.05, 3.63) is 243 Å². The molecule has 0 saturated carbocycles. The van der Waals surface area contributed by atoms with Gasteiger partial charge in [0, 0.05) is 53.1 Å². The van der Waals surface area contributed by atoms with Crippen molar-refractivity contribution in [3.8, 4) is 22.5 Å². The number of thiophene rings is 1. The Morgan fingerprint density at radius 1 is 0.266 bits per heavy atom. The minimum absolute atomic E-state index is 1.16. The van der Waals surface area contributed by atoms with Crippen molar-refractivity contribution >= 4 is 104 Å². The first-order valence-electron chi connectivity index (χ1n) is 22.0. The summed E-state index contributed by atoms with van der Waals surface area (Å²) in [6.07, 6.45) is 0. The predicted octanol–water partition coefficient (Wildman–Crippen LogP) is 13.3. The van der Waals surface area contributed by atoms with E-state index in [1.807, 2.05) is 11.3 Å². The highest BCUT2D eigenvalue weighted by atomic mass is 32.1. The molecular weight excluding hydrogens is 809 g/mol. The molecule has 0 aliphatic rings. The van der Waals surface area contributed by atoms with Gasteiger partial charge in [-0.05, 0) is 92.5 Å². The molecule has 1 unspecified atom stereocenters. The highest BCUT2D eigenvalue weighted by molar-refractivity contribution is 7.26. The van der Waals surface area contributed by atoms with Gasteiger partial charge >= 0.3 is 0 Å². The maximum atomic E-state index is 2.53. The van der Waals surface area contributed by atoms with Crippen LogP contribution in [0.2, 0.25) is 0 Å². The molecule has 3 heterocycles. The lowest BCUT2D eigenvalue weighted by Crippen LogP contribution is -2.74. The van der Waals surface area contributed by atoms with Crippen molar-refractivity contribution in [2.24, 2.45) is 0 Å². The summed E-state index contributed by atoms with van der Waals surface area (Å²) in [4.78, 5) is 0. The standard InChI is InChI=1S/C60H40N2SSi/c1-3-16-41(17-4-1)42-30-33-46(34-31-42)64(45-19-5-2-6-20-45,48-35-37-60-54(40-48)52-25-10-14-29-59(52)63-60)47-21-15-18-43(38-47)61-57-28-13-9-24-51(57)53-39-44(32-36-58(53)61)62-55-26-11-7-22-49(55)50-23-8-12-27-56(50)62/h1-40H. The Morgan fingerprint density at radius 2 is 0.734 bits per heavy atom. The van der Waals surface area contributed by atoms with Gasteiger partial charge in [0.25, 0.3) is 0 Å². The normalized spacial score (nSPS) is 12.8. The maximum absolute atomic E-state index is 2.99. The van der Waals surface area contributed by atoms with Gasteiger partial charge in [0.2, 0.25) is 0 Å². The summed E-state index contributed by atoms with van der Waals surface area (Å²) >= 11 is 1.88. The van der Waals surface area contributed by atoms with Crippen molar-refractivity contribution in [1.29, 1.82) is 0 Å². The summed E-state index contributed by atoms with van der Waals surface area (Å²) in [7, 11) is -2.99. The summed E-state index contributed by atoms with van der Waals surface area (Å²) in [6.45, 7) is 0. The van der Waals surface area contributed by atoms with Crippen molar-refractivity contribution in [2.75, 3.05) is 0 Å². The van der Waals surface area contributed by atoms with Crippen LogP contribution < -0.4 is 20.7 Å². The summed E-state index contributed by atoms with van der Waals surface area (Å²) in [5, 5.41) is 13.1.